The molecule has 30 heavy (non-hydrogen) atoms. The summed E-state index contributed by atoms with van der Waals surface area (Å²) >= 11 is 15.6. The van der Waals surface area contributed by atoms with Crippen LogP contribution in [0, 0.1) is 0 Å². The van der Waals surface area contributed by atoms with E-state index in [1.165, 1.54) is 0 Å². The van der Waals surface area contributed by atoms with Crippen molar-refractivity contribution >= 4 is 50.0 Å². The van der Waals surface area contributed by atoms with Gasteiger partial charge in [-0.25, -0.2) is 4.98 Å². The Labute approximate surface area is 192 Å². The molecule has 4 rings (SSSR count). The number of aromatic nitrogens is 2. The van der Waals surface area contributed by atoms with E-state index in [4.69, 9.17) is 32.9 Å². The first-order valence-electron chi connectivity index (χ1n) is 9.36. The number of rotatable bonds is 6. The van der Waals surface area contributed by atoms with Gasteiger partial charge in [0.1, 0.15) is 11.6 Å². The lowest BCUT2D eigenvalue weighted by molar-refractivity contribution is 0.301. The van der Waals surface area contributed by atoms with Gasteiger partial charge in [0.25, 0.3) is 5.56 Å². The van der Waals surface area contributed by atoms with Crippen molar-refractivity contribution in [3.63, 3.8) is 0 Å². The molecule has 152 valence electrons. The van der Waals surface area contributed by atoms with Crippen molar-refractivity contribution in [2.45, 2.75) is 13.0 Å². The van der Waals surface area contributed by atoms with Crippen LogP contribution >= 0.6 is 39.1 Å². The number of hydrogen-bond acceptors (Lipinski definition) is 3. The van der Waals surface area contributed by atoms with Crippen LogP contribution in [0.4, 0.5) is 0 Å². The number of hydrogen-bond donors (Lipinski definition) is 0. The largest absolute Gasteiger partial charge is 0.492 e. The third kappa shape index (κ3) is 4.53. The van der Waals surface area contributed by atoms with Crippen molar-refractivity contribution in [2.75, 3.05) is 6.61 Å². The highest BCUT2D eigenvalue weighted by atomic mass is 79.9. The predicted octanol–water partition coefficient (Wildman–Crippen LogP) is 6.60. The van der Waals surface area contributed by atoms with Crippen molar-refractivity contribution in [3.05, 3.63) is 91.6 Å². The van der Waals surface area contributed by atoms with Crippen LogP contribution in [0.2, 0.25) is 10.0 Å². The molecule has 7 heteroatoms. The van der Waals surface area contributed by atoms with Crippen LogP contribution in [0.15, 0.2) is 76.0 Å². The van der Waals surface area contributed by atoms with E-state index < -0.39 is 0 Å². The maximum absolute atomic E-state index is 13.2. The topological polar surface area (TPSA) is 44.1 Å². The zero-order chi connectivity index (χ0) is 21.1. The Hall–Kier alpha value is -2.34. The molecule has 0 spiro atoms. The molecule has 4 aromatic rings. The average molecular weight is 504 g/mol. The second-order valence-electron chi connectivity index (χ2n) is 6.69. The molecule has 0 atom stereocenters. The second-order valence-corrected chi connectivity index (χ2v) is 8.45. The van der Waals surface area contributed by atoms with Crippen LogP contribution in [0.1, 0.15) is 6.42 Å². The van der Waals surface area contributed by atoms with E-state index in [1.807, 2.05) is 42.5 Å². The zero-order valence-electron chi connectivity index (χ0n) is 15.8. The molecule has 0 saturated heterocycles. The third-order valence-electron chi connectivity index (χ3n) is 4.64. The molecule has 0 bridgehead atoms. The molecule has 1 aromatic heterocycles. The Morgan fingerprint density at radius 3 is 2.53 bits per heavy atom. The summed E-state index contributed by atoms with van der Waals surface area (Å²) in [6.07, 6.45) is 0.618. The lowest BCUT2D eigenvalue weighted by Gasteiger charge is -2.14. The molecule has 0 aliphatic carbocycles. The first-order valence-corrected chi connectivity index (χ1v) is 10.9. The van der Waals surface area contributed by atoms with Crippen molar-refractivity contribution in [3.8, 4) is 17.1 Å². The Bertz CT molecular complexity index is 1260. The monoisotopic (exact) mass is 502 g/mol. The first-order chi connectivity index (χ1) is 14.5. The average Bonchev–Trinajstić information content (AvgIpc) is 2.74. The summed E-state index contributed by atoms with van der Waals surface area (Å²) in [5, 5.41) is 1.76. The van der Waals surface area contributed by atoms with Crippen LogP contribution in [0.5, 0.6) is 5.75 Å². The van der Waals surface area contributed by atoms with Gasteiger partial charge in [-0.3, -0.25) is 9.36 Å². The molecule has 0 N–H and O–H groups in total. The summed E-state index contributed by atoms with van der Waals surface area (Å²) in [5.74, 6) is 1.22. The SMILES string of the molecule is O=c1c2ccccc2nc(-c2ccc(Cl)cc2)n1CCCOc1ccc(Br)cc1Cl. The van der Waals surface area contributed by atoms with E-state index >= 15 is 0 Å². The lowest BCUT2D eigenvalue weighted by Crippen LogP contribution is -2.24. The van der Waals surface area contributed by atoms with Crippen molar-refractivity contribution in [1.29, 1.82) is 0 Å². The Balaban J connectivity index is 1.61. The van der Waals surface area contributed by atoms with Gasteiger partial charge in [0.15, 0.2) is 0 Å². The van der Waals surface area contributed by atoms with Gasteiger partial charge in [0.2, 0.25) is 0 Å². The number of ether oxygens (including phenoxy) is 1. The number of para-hydroxylation sites is 1. The first kappa shape index (κ1) is 20.9. The van der Waals surface area contributed by atoms with Crippen molar-refractivity contribution in [1.82, 2.24) is 9.55 Å². The molecule has 3 aromatic carbocycles. The summed E-state index contributed by atoms with van der Waals surface area (Å²) in [7, 11) is 0. The van der Waals surface area contributed by atoms with E-state index in [1.54, 1.807) is 28.8 Å². The van der Waals surface area contributed by atoms with Crippen molar-refractivity contribution < 1.29 is 4.74 Å². The fourth-order valence-electron chi connectivity index (χ4n) is 3.19. The highest BCUT2D eigenvalue weighted by Gasteiger charge is 2.13. The maximum Gasteiger partial charge on any atom is 0.261 e. The van der Waals surface area contributed by atoms with Crippen LogP contribution in [0.3, 0.4) is 0 Å². The predicted molar refractivity (Wildman–Crippen MR) is 126 cm³/mol. The van der Waals surface area contributed by atoms with Gasteiger partial charge in [0.05, 0.1) is 22.5 Å². The standard InChI is InChI=1S/C23H17BrCl2N2O2/c24-16-8-11-21(19(26)14-16)30-13-3-12-28-22(15-6-9-17(25)10-7-15)27-20-5-2-1-4-18(20)23(28)29/h1-2,4-11,14H,3,12-13H2. The quantitative estimate of drug-likeness (QED) is 0.278. The fraction of sp³-hybridized carbons (Fsp3) is 0.130. The smallest absolute Gasteiger partial charge is 0.261 e. The highest BCUT2D eigenvalue weighted by Crippen LogP contribution is 2.28. The third-order valence-corrected chi connectivity index (χ3v) is 5.68. The second kappa shape index (κ2) is 9.21. The van der Waals surface area contributed by atoms with Crippen LogP contribution in [0.25, 0.3) is 22.3 Å². The van der Waals surface area contributed by atoms with Gasteiger partial charge < -0.3 is 4.74 Å². The van der Waals surface area contributed by atoms with Crippen LogP contribution < -0.4 is 10.3 Å². The number of fused-ring (bicyclic) bond motifs is 1. The van der Waals surface area contributed by atoms with E-state index in [2.05, 4.69) is 15.9 Å². The van der Waals surface area contributed by atoms with Gasteiger partial charge >= 0.3 is 0 Å². The van der Waals surface area contributed by atoms with Crippen molar-refractivity contribution in [2.24, 2.45) is 0 Å². The Morgan fingerprint density at radius 2 is 1.77 bits per heavy atom. The van der Waals surface area contributed by atoms with E-state index in [0.29, 0.717) is 52.1 Å². The van der Waals surface area contributed by atoms with E-state index in [9.17, 15) is 4.79 Å². The Kier molecular flexibility index (Phi) is 6.42. The number of benzene rings is 3. The summed E-state index contributed by atoms with van der Waals surface area (Å²) in [5.41, 5.74) is 1.42. The minimum absolute atomic E-state index is 0.0766. The van der Waals surface area contributed by atoms with Gasteiger partial charge in [-0.05, 0) is 61.0 Å². The molecule has 0 aliphatic rings. The molecule has 0 radical (unpaired) electrons. The van der Waals surface area contributed by atoms with Crippen LogP contribution in [-0.4, -0.2) is 16.2 Å². The molecule has 1 heterocycles. The molecular weight excluding hydrogens is 487 g/mol. The molecule has 0 aliphatic heterocycles. The summed E-state index contributed by atoms with van der Waals surface area (Å²) in [6.45, 7) is 0.878. The Morgan fingerprint density at radius 1 is 1.00 bits per heavy atom. The van der Waals surface area contributed by atoms with Gasteiger partial charge in [-0.1, -0.05) is 51.3 Å². The van der Waals surface area contributed by atoms with Gasteiger partial charge in [-0.2, -0.15) is 0 Å². The highest BCUT2D eigenvalue weighted by molar-refractivity contribution is 9.10. The van der Waals surface area contributed by atoms with Crippen LogP contribution in [-0.2, 0) is 6.54 Å². The molecule has 0 unspecified atom stereocenters. The molecule has 0 saturated carbocycles. The minimum atomic E-state index is -0.0766. The maximum atomic E-state index is 13.2. The summed E-state index contributed by atoms with van der Waals surface area (Å²) in [6, 6.07) is 20.2. The number of halogens is 3. The normalized spacial score (nSPS) is 11.0. The zero-order valence-corrected chi connectivity index (χ0v) is 18.9. The van der Waals surface area contributed by atoms with E-state index in [0.717, 1.165) is 10.0 Å². The van der Waals surface area contributed by atoms with Gasteiger partial charge in [0, 0.05) is 21.6 Å². The fourth-order valence-corrected chi connectivity index (χ4v) is 4.05. The van der Waals surface area contributed by atoms with E-state index in [-0.39, 0.29) is 5.56 Å². The number of nitrogens with zero attached hydrogens (tertiary/aromatic N) is 2. The summed E-state index contributed by atoms with van der Waals surface area (Å²) < 4.78 is 8.38. The minimum Gasteiger partial charge on any atom is -0.492 e. The lowest BCUT2D eigenvalue weighted by atomic mass is 10.1. The molecule has 0 fully saturated rings. The molecular formula is C23H17BrCl2N2O2. The molecule has 4 nitrogen and oxygen atoms in total. The van der Waals surface area contributed by atoms with Gasteiger partial charge in [-0.15, -0.1) is 0 Å². The summed E-state index contributed by atoms with van der Waals surface area (Å²) in [4.78, 5) is 17.9. The molecule has 0 amide bonds.